The number of carbonyl (C=O) groups is 2. The number of hydrogen-bond donors (Lipinski definition) is 2. The molecule has 0 aromatic heterocycles. The molecule has 0 spiro atoms. The van der Waals surface area contributed by atoms with Gasteiger partial charge in [-0.1, -0.05) is 13.8 Å². The number of rotatable bonds is 4. The van der Waals surface area contributed by atoms with Gasteiger partial charge in [0, 0.05) is 25.9 Å². The maximum Gasteiger partial charge on any atom is 0.245 e. The summed E-state index contributed by atoms with van der Waals surface area (Å²) in [5.41, 5.74) is 0. The van der Waals surface area contributed by atoms with Crippen LogP contribution in [-0.2, 0) is 9.59 Å². The minimum atomic E-state index is -0.463. The van der Waals surface area contributed by atoms with Gasteiger partial charge < -0.3 is 15.3 Å². The molecule has 2 N–H and O–H groups in total. The van der Waals surface area contributed by atoms with E-state index in [4.69, 9.17) is 0 Å². The van der Waals surface area contributed by atoms with Gasteiger partial charge in [-0.05, 0) is 19.3 Å². The first-order chi connectivity index (χ1) is 8.32. The fraction of sp³-hybridized carbons (Fsp3) is 0.846. The van der Waals surface area contributed by atoms with Crippen molar-refractivity contribution in [1.29, 1.82) is 0 Å². The number of aliphatic hydroxyl groups excluding tert-OH is 1. The summed E-state index contributed by atoms with van der Waals surface area (Å²) in [6.07, 6.45) is 0.440. The number of likely N-dealkylation sites (tertiary alicyclic amines) is 1. The molecule has 0 aromatic carbocycles. The maximum atomic E-state index is 12.3. The smallest absolute Gasteiger partial charge is 0.245 e. The Balaban J connectivity index is 2.64. The lowest BCUT2D eigenvalue weighted by atomic mass is 10.0. The van der Waals surface area contributed by atoms with Gasteiger partial charge >= 0.3 is 0 Å². The number of aliphatic hydroxyl groups is 1. The maximum absolute atomic E-state index is 12.3. The Morgan fingerprint density at radius 3 is 2.33 bits per heavy atom. The van der Waals surface area contributed by atoms with Crippen molar-refractivity contribution in [2.24, 2.45) is 11.8 Å². The normalized spacial score (nSPS) is 23.0. The zero-order valence-electron chi connectivity index (χ0n) is 11.6. The monoisotopic (exact) mass is 256 g/mol. The minimum absolute atomic E-state index is 0.0386. The number of nitrogens with zero attached hydrogens (tertiary/aromatic N) is 1. The highest BCUT2D eigenvalue weighted by Crippen LogP contribution is 2.21. The Kier molecular flexibility index (Phi) is 5.14. The second-order valence-corrected chi connectivity index (χ2v) is 5.50. The standard InChI is InChI=1S/C13H24N2O3/c1-8(2)12(14-10(4)17)13(18)15-6-5-11(7-15)9(3)16/h8-9,11-12,16H,5-7H2,1-4H3,(H,14,17). The topological polar surface area (TPSA) is 69.6 Å². The molecule has 2 amide bonds. The van der Waals surface area contributed by atoms with Crippen molar-refractivity contribution < 1.29 is 14.7 Å². The van der Waals surface area contributed by atoms with Crippen LogP contribution in [0.2, 0.25) is 0 Å². The molecular formula is C13H24N2O3. The number of amides is 2. The van der Waals surface area contributed by atoms with Crippen molar-refractivity contribution in [2.75, 3.05) is 13.1 Å². The minimum Gasteiger partial charge on any atom is -0.393 e. The van der Waals surface area contributed by atoms with Crippen molar-refractivity contribution >= 4 is 11.8 Å². The van der Waals surface area contributed by atoms with E-state index in [9.17, 15) is 14.7 Å². The van der Waals surface area contributed by atoms with Gasteiger partial charge in [-0.15, -0.1) is 0 Å². The predicted octanol–water partition coefficient (Wildman–Crippen LogP) is 0.376. The molecule has 0 radical (unpaired) electrons. The van der Waals surface area contributed by atoms with E-state index in [1.807, 2.05) is 13.8 Å². The lowest BCUT2D eigenvalue weighted by Crippen LogP contribution is -2.50. The average Bonchev–Trinajstić information content (AvgIpc) is 2.73. The van der Waals surface area contributed by atoms with Crippen molar-refractivity contribution in [3.05, 3.63) is 0 Å². The molecular weight excluding hydrogens is 232 g/mol. The molecule has 1 heterocycles. The third kappa shape index (κ3) is 3.70. The molecule has 5 nitrogen and oxygen atoms in total. The van der Waals surface area contributed by atoms with Crippen LogP contribution in [0.25, 0.3) is 0 Å². The molecule has 3 unspecified atom stereocenters. The van der Waals surface area contributed by atoms with E-state index in [0.29, 0.717) is 13.1 Å². The summed E-state index contributed by atoms with van der Waals surface area (Å²) in [6, 6.07) is -0.463. The van der Waals surface area contributed by atoms with Gasteiger partial charge in [0.1, 0.15) is 6.04 Å². The molecule has 104 valence electrons. The van der Waals surface area contributed by atoms with Gasteiger partial charge in [-0.2, -0.15) is 0 Å². The quantitative estimate of drug-likeness (QED) is 0.764. The van der Waals surface area contributed by atoms with Crippen molar-refractivity contribution in [3.63, 3.8) is 0 Å². The first-order valence-corrected chi connectivity index (χ1v) is 6.57. The Morgan fingerprint density at radius 1 is 1.33 bits per heavy atom. The van der Waals surface area contributed by atoms with Gasteiger partial charge in [0.2, 0.25) is 11.8 Å². The molecule has 0 saturated carbocycles. The van der Waals surface area contributed by atoms with Crippen LogP contribution in [0.3, 0.4) is 0 Å². The van der Waals surface area contributed by atoms with Gasteiger partial charge in [0.15, 0.2) is 0 Å². The van der Waals surface area contributed by atoms with Crippen molar-refractivity contribution in [3.8, 4) is 0 Å². The zero-order valence-corrected chi connectivity index (χ0v) is 11.6. The first-order valence-electron chi connectivity index (χ1n) is 6.57. The summed E-state index contributed by atoms with van der Waals surface area (Å²) < 4.78 is 0. The first kappa shape index (κ1) is 15.0. The van der Waals surface area contributed by atoms with Gasteiger partial charge in [-0.25, -0.2) is 0 Å². The summed E-state index contributed by atoms with van der Waals surface area (Å²) >= 11 is 0. The van der Waals surface area contributed by atoms with Gasteiger partial charge in [-0.3, -0.25) is 9.59 Å². The number of carbonyl (C=O) groups excluding carboxylic acids is 2. The summed E-state index contributed by atoms with van der Waals surface area (Å²) in [7, 11) is 0. The van der Waals surface area contributed by atoms with E-state index in [1.165, 1.54) is 6.92 Å². The number of nitrogens with one attached hydrogen (secondary N) is 1. The molecule has 18 heavy (non-hydrogen) atoms. The molecule has 0 aromatic rings. The molecule has 1 aliphatic heterocycles. The summed E-state index contributed by atoms with van der Waals surface area (Å²) in [5.74, 6) is -0.0113. The highest BCUT2D eigenvalue weighted by molar-refractivity contribution is 5.87. The second-order valence-electron chi connectivity index (χ2n) is 5.50. The molecule has 1 saturated heterocycles. The predicted molar refractivity (Wildman–Crippen MR) is 68.8 cm³/mol. The number of hydrogen-bond acceptors (Lipinski definition) is 3. The lowest BCUT2D eigenvalue weighted by Gasteiger charge is -2.26. The molecule has 1 aliphatic rings. The van der Waals surface area contributed by atoms with Crippen LogP contribution >= 0.6 is 0 Å². The lowest BCUT2D eigenvalue weighted by molar-refractivity contribution is -0.136. The van der Waals surface area contributed by atoms with E-state index in [2.05, 4.69) is 5.32 Å². The third-order valence-electron chi connectivity index (χ3n) is 3.51. The van der Waals surface area contributed by atoms with Crippen LogP contribution in [0.5, 0.6) is 0 Å². The van der Waals surface area contributed by atoms with Gasteiger partial charge in [0.25, 0.3) is 0 Å². The van der Waals surface area contributed by atoms with Crippen LogP contribution < -0.4 is 5.32 Å². The Morgan fingerprint density at radius 2 is 1.94 bits per heavy atom. The third-order valence-corrected chi connectivity index (χ3v) is 3.51. The van der Waals surface area contributed by atoms with Crippen molar-refractivity contribution in [2.45, 2.75) is 46.3 Å². The van der Waals surface area contributed by atoms with E-state index in [1.54, 1.807) is 11.8 Å². The Labute approximate surface area is 109 Å². The molecule has 0 bridgehead atoms. The van der Waals surface area contributed by atoms with E-state index in [-0.39, 0.29) is 29.8 Å². The van der Waals surface area contributed by atoms with E-state index in [0.717, 1.165) is 6.42 Å². The second kappa shape index (κ2) is 6.18. The fourth-order valence-electron chi connectivity index (χ4n) is 2.31. The Bertz CT molecular complexity index is 315. The van der Waals surface area contributed by atoms with Crippen LogP contribution in [0.15, 0.2) is 0 Å². The molecule has 1 rings (SSSR count). The fourth-order valence-corrected chi connectivity index (χ4v) is 2.31. The molecule has 1 fully saturated rings. The molecule has 5 heteroatoms. The van der Waals surface area contributed by atoms with E-state index < -0.39 is 6.04 Å². The van der Waals surface area contributed by atoms with Crippen LogP contribution in [0, 0.1) is 11.8 Å². The average molecular weight is 256 g/mol. The highest BCUT2D eigenvalue weighted by atomic mass is 16.3. The summed E-state index contributed by atoms with van der Waals surface area (Å²) in [5, 5.41) is 12.2. The Hall–Kier alpha value is -1.10. The molecule has 3 atom stereocenters. The van der Waals surface area contributed by atoms with Crippen molar-refractivity contribution in [1.82, 2.24) is 10.2 Å². The van der Waals surface area contributed by atoms with Gasteiger partial charge in [0.05, 0.1) is 6.10 Å². The van der Waals surface area contributed by atoms with Crippen LogP contribution in [0.4, 0.5) is 0 Å². The largest absolute Gasteiger partial charge is 0.393 e. The van der Waals surface area contributed by atoms with Crippen LogP contribution in [0.1, 0.15) is 34.1 Å². The summed E-state index contributed by atoms with van der Waals surface area (Å²) in [6.45, 7) is 8.26. The summed E-state index contributed by atoms with van der Waals surface area (Å²) in [4.78, 5) is 25.2. The zero-order chi connectivity index (χ0) is 13.9. The van der Waals surface area contributed by atoms with E-state index >= 15 is 0 Å². The van der Waals surface area contributed by atoms with Crippen LogP contribution in [-0.4, -0.2) is 47.1 Å². The SMILES string of the molecule is CC(=O)NC(C(=O)N1CCC(C(C)O)C1)C(C)C. The molecule has 0 aliphatic carbocycles. The highest BCUT2D eigenvalue weighted by Gasteiger charge is 2.34.